The van der Waals surface area contributed by atoms with E-state index in [1.54, 1.807) is 6.33 Å². The number of nitrogens with zero attached hydrogens (tertiary/aromatic N) is 3. The zero-order valence-electron chi connectivity index (χ0n) is 11.8. The predicted molar refractivity (Wildman–Crippen MR) is 79.7 cm³/mol. The minimum Gasteiger partial charge on any atom is -0.349 e. The Bertz CT molecular complexity index is 633. The van der Waals surface area contributed by atoms with Gasteiger partial charge < -0.3 is 5.32 Å². The zero-order valence-corrected chi connectivity index (χ0v) is 11.8. The maximum Gasteiger partial charge on any atom is 0.220 e. The molecule has 1 aliphatic carbocycles. The van der Waals surface area contributed by atoms with E-state index in [1.165, 1.54) is 0 Å². The van der Waals surface area contributed by atoms with Crippen LogP contribution in [0.4, 0.5) is 0 Å². The molecule has 1 aliphatic rings. The van der Waals surface area contributed by atoms with E-state index in [4.69, 9.17) is 0 Å². The Morgan fingerprint density at radius 3 is 2.95 bits per heavy atom. The first-order valence-electron chi connectivity index (χ1n) is 7.20. The van der Waals surface area contributed by atoms with Gasteiger partial charge >= 0.3 is 0 Å². The molecule has 1 heterocycles. The Morgan fingerprint density at radius 2 is 2.19 bits per heavy atom. The molecule has 1 aromatic carbocycles. The van der Waals surface area contributed by atoms with Crippen LogP contribution in [0, 0.1) is 5.92 Å². The van der Waals surface area contributed by atoms with Crippen LogP contribution in [0.25, 0.3) is 5.69 Å². The smallest absolute Gasteiger partial charge is 0.220 e. The van der Waals surface area contributed by atoms with Crippen molar-refractivity contribution in [1.82, 2.24) is 20.1 Å². The zero-order chi connectivity index (χ0) is 14.5. The summed E-state index contributed by atoms with van der Waals surface area (Å²) in [5, 5.41) is 10.9. The van der Waals surface area contributed by atoms with Gasteiger partial charge in [0.15, 0.2) is 5.82 Å². The van der Waals surface area contributed by atoms with Gasteiger partial charge in [0, 0.05) is 12.1 Å². The molecule has 1 atom stereocenters. The molecular weight excluding hydrogens is 264 g/mol. The summed E-state index contributed by atoms with van der Waals surface area (Å²) in [5.74, 6) is 1.18. The molecule has 0 saturated carbocycles. The van der Waals surface area contributed by atoms with Crippen LogP contribution in [0.2, 0.25) is 0 Å². The molecule has 0 spiro atoms. The Hall–Kier alpha value is -2.43. The number of rotatable bonds is 5. The van der Waals surface area contributed by atoms with E-state index in [0.29, 0.717) is 18.9 Å². The standard InChI is InChI=1S/C16H18N4O/c21-16(10-13-6-4-5-7-13)17-11-15-19-18-12-20(15)14-8-2-1-3-9-14/h1-4,6,8-9,12-13H,5,7,10-11H2,(H,17,21)/t13-/m1/s1. The van der Waals surface area contributed by atoms with Crippen LogP contribution < -0.4 is 5.32 Å². The largest absolute Gasteiger partial charge is 0.349 e. The van der Waals surface area contributed by atoms with E-state index in [-0.39, 0.29) is 5.91 Å². The van der Waals surface area contributed by atoms with E-state index in [1.807, 2.05) is 34.9 Å². The van der Waals surface area contributed by atoms with Crippen LogP contribution in [0.1, 0.15) is 25.1 Å². The summed E-state index contributed by atoms with van der Waals surface area (Å²) in [7, 11) is 0. The van der Waals surface area contributed by atoms with Gasteiger partial charge in [0.25, 0.3) is 0 Å². The lowest BCUT2D eigenvalue weighted by Crippen LogP contribution is -2.25. The van der Waals surface area contributed by atoms with Crippen molar-refractivity contribution in [3.05, 3.63) is 54.6 Å². The van der Waals surface area contributed by atoms with Gasteiger partial charge in [-0.15, -0.1) is 10.2 Å². The van der Waals surface area contributed by atoms with E-state index in [2.05, 4.69) is 27.7 Å². The first-order valence-corrected chi connectivity index (χ1v) is 7.20. The number of amides is 1. The van der Waals surface area contributed by atoms with E-state index >= 15 is 0 Å². The first kappa shape index (κ1) is 13.5. The van der Waals surface area contributed by atoms with Gasteiger partial charge in [-0.1, -0.05) is 30.4 Å². The number of hydrogen-bond donors (Lipinski definition) is 1. The molecule has 0 fully saturated rings. The number of hydrogen-bond acceptors (Lipinski definition) is 3. The Morgan fingerprint density at radius 1 is 1.33 bits per heavy atom. The number of aromatic nitrogens is 3. The lowest BCUT2D eigenvalue weighted by Gasteiger charge is -2.09. The third-order valence-electron chi connectivity index (χ3n) is 3.66. The van der Waals surface area contributed by atoms with Crippen molar-refractivity contribution in [3.63, 3.8) is 0 Å². The fraction of sp³-hybridized carbons (Fsp3) is 0.312. The molecule has 21 heavy (non-hydrogen) atoms. The van der Waals surface area contributed by atoms with E-state index < -0.39 is 0 Å². The molecule has 3 rings (SSSR count). The van der Waals surface area contributed by atoms with Gasteiger partial charge in [0.2, 0.25) is 5.91 Å². The average molecular weight is 282 g/mol. The molecule has 0 saturated heterocycles. The second kappa shape index (κ2) is 6.35. The van der Waals surface area contributed by atoms with E-state index in [0.717, 1.165) is 24.4 Å². The number of benzene rings is 1. The highest BCUT2D eigenvalue weighted by atomic mass is 16.1. The average Bonchev–Trinajstić information content (AvgIpc) is 3.17. The predicted octanol–water partition coefficient (Wildman–Crippen LogP) is 2.24. The Balaban J connectivity index is 1.60. The van der Waals surface area contributed by atoms with Gasteiger partial charge in [0.05, 0.1) is 6.54 Å². The second-order valence-electron chi connectivity index (χ2n) is 5.20. The fourth-order valence-electron chi connectivity index (χ4n) is 2.54. The van der Waals surface area contributed by atoms with Crippen LogP contribution in [0.3, 0.4) is 0 Å². The third-order valence-corrected chi connectivity index (χ3v) is 3.66. The van der Waals surface area contributed by atoms with Crippen LogP contribution in [0.5, 0.6) is 0 Å². The lowest BCUT2D eigenvalue weighted by atomic mass is 10.1. The molecule has 2 aromatic rings. The van der Waals surface area contributed by atoms with Crippen molar-refractivity contribution in [2.75, 3.05) is 0 Å². The van der Waals surface area contributed by atoms with Crippen LogP contribution in [-0.2, 0) is 11.3 Å². The quantitative estimate of drug-likeness (QED) is 0.856. The highest BCUT2D eigenvalue weighted by Crippen LogP contribution is 2.20. The molecule has 1 amide bonds. The van der Waals surface area contributed by atoms with Gasteiger partial charge in [0.1, 0.15) is 6.33 Å². The second-order valence-corrected chi connectivity index (χ2v) is 5.20. The molecule has 5 heteroatoms. The molecule has 1 N–H and O–H groups in total. The monoisotopic (exact) mass is 282 g/mol. The fourth-order valence-corrected chi connectivity index (χ4v) is 2.54. The number of para-hydroxylation sites is 1. The molecule has 108 valence electrons. The van der Waals surface area contributed by atoms with Crippen molar-refractivity contribution in [1.29, 1.82) is 0 Å². The summed E-state index contributed by atoms with van der Waals surface area (Å²) in [5.41, 5.74) is 0.991. The summed E-state index contributed by atoms with van der Waals surface area (Å²) < 4.78 is 1.88. The number of allylic oxidation sites excluding steroid dienone is 2. The van der Waals surface area contributed by atoms with Crippen LogP contribution in [-0.4, -0.2) is 20.7 Å². The maximum atomic E-state index is 11.9. The van der Waals surface area contributed by atoms with Crippen molar-refractivity contribution in [2.24, 2.45) is 5.92 Å². The topological polar surface area (TPSA) is 59.8 Å². The Labute approximate surface area is 123 Å². The molecule has 0 aliphatic heterocycles. The number of carbonyl (C=O) groups excluding carboxylic acids is 1. The first-order chi connectivity index (χ1) is 10.3. The van der Waals surface area contributed by atoms with E-state index in [9.17, 15) is 4.79 Å². The van der Waals surface area contributed by atoms with Gasteiger partial charge in [-0.05, 0) is 30.9 Å². The minimum atomic E-state index is 0.0640. The number of carbonyl (C=O) groups is 1. The summed E-state index contributed by atoms with van der Waals surface area (Å²) in [4.78, 5) is 11.9. The molecule has 5 nitrogen and oxygen atoms in total. The molecule has 0 unspecified atom stereocenters. The maximum absolute atomic E-state index is 11.9. The number of nitrogens with one attached hydrogen (secondary N) is 1. The third kappa shape index (κ3) is 3.37. The molecular formula is C16H18N4O. The molecule has 0 radical (unpaired) electrons. The van der Waals surface area contributed by atoms with Crippen LogP contribution in [0.15, 0.2) is 48.8 Å². The SMILES string of the molecule is O=C(C[C@@H]1C=CCC1)NCc1nncn1-c1ccccc1. The van der Waals surface area contributed by atoms with Gasteiger partial charge in [-0.2, -0.15) is 0 Å². The Kier molecular flexibility index (Phi) is 4.09. The van der Waals surface area contributed by atoms with Crippen molar-refractivity contribution >= 4 is 5.91 Å². The van der Waals surface area contributed by atoms with Gasteiger partial charge in [-0.3, -0.25) is 9.36 Å². The van der Waals surface area contributed by atoms with Crippen molar-refractivity contribution in [3.8, 4) is 5.69 Å². The molecule has 1 aromatic heterocycles. The van der Waals surface area contributed by atoms with Crippen LogP contribution >= 0.6 is 0 Å². The summed E-state index contributed by atoms with van der Waals surface area (Å²) >= 11 is 0. The van der Waals surface area contributed by atoms with Crippen molar-refractivity contribution < 1.29 is 4.79 Å². The van der Waals surface area contributed by atoms with Crippen molar-refractivity contribution in [2.45, 2.75) is 25.8 Å². The summed E-state index contributed by atoms with van der Waals surface area (Å²) in [6, 6.07) is 9.86. The lowest BCUT2D eigenvalue weighted by molar-refractivity contribution is -0.121. The van der Waals surface area contributed by atoms with Gasteiger partial charge in [-0.25, -0.2) is 0 Å². The highest BCUT2D eigenvalue weighted by molar-refractivity contribution is 5.76. The highest BCUT2D eigenvalue weighted by Gasteiger charge is 2.14. The summed E-state index contributed by atoms with van der Waals surface area (Å²) in [6.07, 6.45) is 8.65. The molecule has 0 bridgehead atoms. The summed E-state index contributed by atoms with van der Waals surface area (Å²) in [6.45, 7) is 0.393. The minimum absolute atomic E-state index is 0.0640. The normalized spacial score (nSPS) is 17.0.